The molecular formula is C8H13N3O3. The number of rotatable bonds is 5. The van der Waals surface area contributed by atoms with E-state index in [2.05, 4.69) is 10.3 Å². The number of hydrogen-bond acceptors (Lipinski definition) is 4. The van der Waals surface area contributed by atoms with E-state index in [-0.39, 0.29) is 6.42 Å². The second-order valence-electron chi connectivity index (χ2n) is 3.06. The van der Waals surface area contributed by atoms with Gasteiger partial charge in [-0.1, -0.05) is 12.1 Å². The summed E-state index contributed by atoms with van der Waals surface area (Å²) in [6.07, 6.45) is 1.57. The molecule has 1 aromatic rings. The van der Waals surface area contributed by atoms with Gasteiger partial charge in [0.05, 0.1) is 24.8 Å². The molecule has 1 atom stereocenters. The third-order valence-corrected chi connectivity index (χ3v) is 1.79. The highest BCUT2D eigenvalue weighted by Gasteiger charge is 2.07. The summed E-state index contributed by atoms with van der Waals surface area (Å²) in [7, 11) is 0. The molecular weight excluding hydrogens is 186 g/mol. The van der Waals surface area contributed by atoms with Gasteiger partial charge in [-0.15, -0.1) is 5.10 Å². The van der Waals surface area contributed by atoms with Crippen molar-refractivity contribution >= 4 is 5.97 Å². The molecule has 0 saturated heterocycles. The predicted octanol–water partition coefficient (Wildman–Crippen LogP) is -0.324. The van der Waals surface area contributed by atoms with Gasteiger partial charge in [0.15, 0.2) is 0 Å². The minimum absolute atomic E-state index is 0.137. The molecule has 0 bridgehead atoms. The number of aliphatic carboxylic acids is 1. The third kappa shape index (κ3) is 3.14. The molecule has 0 amide bonds. The number of hydrogen-bond donors (Lipinski definition) is 2. The molecule has 1 unspecified atom stereocenters. The van der Waals surface area contributed by atoms with Crippen molar-refractivity contribution in [2.45, 2.75) is 32.4 Å². The minimum Gasteiger partial charge on any atom is -0.481 e. The number of carboxylic acid groups (broad SMARTS) is 1. The van der Waals surface area contributed by atoms with Gasteiger partial charge in [0.2, 0.25) is 0 Å². The van der Waals surface area contributed by atoms with E-state index in [1.54, 1.807) is 0 Å². The highest BCUT2D eigenvalue weighted by Crippen LogP contribution is 1.98. The quantitative estimate of drug-likeness (QED) is 0.678. The van der Waals surface area contributed by atoms with E-state index in [0.29, 0.717) is 18.7 Å². The molecule has 1 aromatic heterocycles. The molecule has 0 aliphatic rings. The lowest BCUT2D eigenvalue weighted by Gasteiger charge is -2.05. The number of aromatic nitrogens is 3. The Kier molecular flexibility index (Phi) is 3.58. The van der Waals surface area contributed by atoms with Crippen molar-refractivity contribution in [2.24, 2.45) is 0 Å². The molecule has 14 heavy (non-hydrogen) atoms. The summed E-state index contributed by atoms with van der Waals surface area (Å²) >= 11 is 0. The second kappa shape index (κ2) is 4.71. The first-order valence-electron chi connectivity index (χ1n) is 4.40. The maximum atomic E-state index is 10.3. The molecule has 0 aliphatic heterocycles. The Morgan fingerprint density at radius 1 is 1.71 bits per heavy atom. The maximum Gasteiger partial charge on any atom is 0.309 e. The van der Waals surface area contributed by atoms with Crippen LogP contribution in [0.1, 0.15) is 19.0 Å². The Bertz CT molecular complexity index is 311. The molecule has 0 aliphatic carbocycles. The summed E-state index contributed by atoms with van der Waals surface area (Å²) in [6, 6.07) is 0. The zero-order valence-electron chi connectivity index (χ0n) is 7.92. The highest BCUT2D eigenvalue weighted by molar-refractivity contribution is 5.69. The first-order chi connectivity index (χ1) is 6.61. The van der Waals surface area contributed by atoms with E-state index in [4.69, 9.17) is 5.11 Å². The Morgan fingerprint density at radius 3 is 3.00 bits per heavy atom. The maximum absolute atomic E-state index is 10.3. The van der Waals surface area contributed by atoms with Crippen molar-refractivity contribution < 1.29 is 15.0 Å². The first-order valence-corrected chi connectivity index (χ1v) is 4.40. The molecule has 1 heterocycles. The summed E-state index contributed by atoms with van der Waals surface area (Å²) in [4.78, 5) is 10.3. The fourth-order valence-corrected chi connectivity index (χ4v) is 1.01. The van der Waals surface area contributed by atoms with Crippen LogP contribution in [0.2, 0.25) is 0 Å². The fourth-order valence-electron chi connectivity index (χ4n) is 1.01. The van der Waals surface area contributed by atoms with Gasteiger partial charge in [-0.05, 0) is 6.42 Å². The van der Waals surface area contributed by atoms with Crippen LogP contribution in [0.3, 0.4) is 0 Å². The zero-order valence-corrected chi connectivity index (χ0v) is 7.92. The van der Waals surface area contributed by atoms with E-state index >= 15 is 0 Å². The molecule has 6 heteroatoms. The minimum atomic E-state index is -0.937. The monoisotopic (exact) mass is 199 g/mol. The van der Waals surface area contributed by atoms with Crippen LogP contribution in [0.4, 0.5) is 0 Å². The topological polar surface area (TPSA) is 88.2 Å². The van der Waals surface area contributed by atoms with Crippen molar-refractivity contribution in [1.82, 2.24) is 15.0 Å². The van der Waals surface area contributed by atoms with Crippen molar-refractivity contribution in [3.63, 3.8) is 0 Å². The average molecular weight is 199 g/mol. The molecule has 0 aromatic carbocycles. The average Bonchev–Trinajstić information content (AvgIpc) is 2.51. The van der Waals surface area contributed by atoms with Gasteiger partial charge < -0.3 is 10.2 Å². The molecule has 6 nitrogen and oxygen atoms in total. The lowest BCUT2D eigenvalue weighted by molar-refractivity contribution is -0.136. The third-order valence-electron chi connectivity index (χ3n) is 1.79. The largest absolute Gasteiger partial charge is 0.481 e. The van der Waals surface area contributed by atoms with Crippen LogP contribution in [0.25, 0.3) is 0 Å². The normalized spacial score (nSPS) is 12.7. The number of nitrogens with zero attached hydrogens (tertiary/aromatic N) is 3. The Hall–Kier alpha value is -1.43. The molecule has 1 rings (SSSR count). The van der Waals surface area contributed by atoms with E-state index in [9.17, 15) is 9.90 Å². The summed E-state index contributed by atoms with van der Waals surface area (Å²) in [5.74, 6) is -0.937. The van der Waals surface area contributed by atoms with Crippen LogP contribution >= 0.6 is 0 Å². The predicted molar refractivity (Wildman–Crippen MR) is 47.7 cm³/mol. The summed E-state index contributed by atoms with van der Waals surface area (Å²) in [6.45, 7) is 2.21. The Balaban J connectivity index is 2.54. The van der Waals surface area contributed by atoms with Crippen LogP contribution < -0.4 is 0 Å². The second-order valence-corrected chi connectivity index (χ2v) is 3.06. The standard InChI is InChI=1S/C8H13N3O3/c1-2-7(12)5-11-4-6(9-10-11)3-8(13)14/h4,7,12H,2-3,5H2,1H3,(H,13,14). The number of carbonyl (C=O) groups is 1. The van der Waals surface area contributed by atoms with Gasteiger partial charge in [-0.2, -0.15) is 0 Å². The Labute approximate surface area is 81.2 Å². The Morgan fingerprint density at radius 2 is 2.43 bits per heavy atom. The van der Waals surface area contributed by atoms with Crippen molar-refractivity contribution in [1.29, 1.82) is 0 Å². The molecule has 0 fully saturated rings. The lowest BCUT2D eigenvalue weighted by atomic mass is 10.3. The van der Waals surface area contributed by atoms with Gasteiger partial charge in [-0.3, -0.25) is 4.79 Å². The van der Waals surface area contributed by atoms with Crippen molar-refractivity contribution in [2.75, 3.05) is 0 Å². The molecule has 78 valence electrons. The summed E-state index contributed by atoms with van der Waals surface area (Å²) in [5.41, 5.74) is 0.404. The van der Waals surface area contributed by atoms with Crippen LogP contribution in [-0.4, -0.2) is 37.3 Å². The SMILES string of the molecule is CCC(O)Cn1cc(CC(=O)O)nn1. The lowest BCUT2D eigenvalue weighted by Crippen LogP contribution is -2.15. The van der Waals surface area contributed by atoms with Gasteiger partial charge in [-0.25, -0.2) is 4.68 Å². The first kappa shape index (κ1) is 10.6. The van der Waals surface area contributed by atoms with Gasteiger partial charge in [0.25, 0.3) is 0 Å². The highest BCUT2D eigenvalue weighted by atomic mass is 16.4. The number of aliphatic hydroxyl groups is 1. The smallest absolute Gasteiger partial charge is 0.309 e. The van der Waals surface area contributed by atoms with Gasteiger partial charge in [0, 0.05) is 6.20 Å². The number of carboxylic acids is 1. The fraction of sp³-hybridized carbons (Fsp3) is 0.625. The summed E-state index contributed by atoms with van der Waals surface area (Å²) < 4.78 is 1.45. The van der Waals surface area contributed by atoms with Gasteiger partial charge in [0.1, 0.15) is 0 Å². The molecule has 0 radical (unpaired) electrons. The van der Waals surface area contributed by atoms with Crippen LogP contribution in [0.5, 0.6) is 0 Å². The van der Waals surface area contributed by atoms with E-state index in [0.717, 1.165) is 0 Å². The summed E-state index contributed by atoms with van der Waals surface area (Å²) in [5, 5.41) is 25.1. The zero-order chi connectivity index (χ0) is 10.6. The van der Waals surface area contributed by atoms with Crippen LogP contribution in [0, 0.1) is 0 Å². The van der Waals surface area contributed by atoms with Gasteiger partial charge >= 0.3 is 5.97 Å². The molecule has 0 saturated carbocycles. The molecule has 0 spiro atoms. The van der Waals surface area contributed by atoms with Crippen molar-refractivity contribution in [3.05, 3.63) is 11.9 Å². The van der Waals surface area contributed by atoms with Crippen molar-refractivity contribution in [3.8, 4) is 0 Å². The molecule has 2 N–H and O–H groups in total. The van der Waals surface area contributed by atoms with E-state index in [1.807, 2.05) is 6.92 Å². The van der Waals surface area contributed by atoms with Crippen LogP contribution in [-0.2, 0) is 17.8 Å². The van der Waals surface area contributed by atoms with Crippen LogP contribution in [0.15, 0.2) is 6.20 Å². The number of aliphatic hydroxyl groups excluding tert-OH is 1. The van der Waals surface area contributed by atoms with E-state index < -0.39 is 12.1 Å². The van der Waals surface area contributed by atoms with E-state index in [1.165, 1.54) is 10.9 Å².